The third-order valence-corrected chi connectivity index (χ3v) is 3.12. The summed E-state index contributed by atoms with van der Waals surface area (Å²) in [5, 5.41) is 10.6. The molecule has 1 N–H and O–H groups in total. The molecule has 0 aliphatic rings. The van der Waals surface area contributed by atoms with Crippen molar-refractivity contribution >= 4 is 23.4 Å². The van der Waals surface area contributed by atoms with E-state index in [0.29, 0.717) is 10.3 Å². The van der Waals surface area contributed by atoms with E-state index in [1.807, 2.05) is 18.2 Å². The fraction of sp³-hybridized carbons (Fsp3) is 0.455. The Balaban J connectivity index is 2.89. The normalized spacial score (nSPS) is 13.3. The highest BCUT2D eigenvalue weighted by Crippen LogP contribution is 2.30. The van der Waals surface area contributed by atoms with Crippen molar-refractivity contribution in [2.75, 3.05) is 0 Å². The van der Waals surface area contributed by atoms with Crippen LogP contribution in [0, 0.1) is 0 Å². The number of hydrogen-bond acceptors (Lipinski definition) is 2. The number of aliphatic hydroxyl groups excluding tert-OH is 1. The van der Waals surface area contributed by atoms with Crippen LogP contribution in [0.25, 0.3) is 0 Å². The monoisotopic (exact) mass is 230 g/mol. The van der Waals surface area contributed by atoms with Crippen molar-refractivity contribution in [1.29, 1.82) is 0 Å². The van der Waals surface area contributed by atoms with E-state index in [0.717, 1.165) is 10.5 Å². The van der Waals surface area contributed by atoms with Crippen LogP contribution in [-0.2, 0) is 0 Å². The summed E-state index contributed by atoms with van der Waals surface area (Å²) in [5.41, 5.74) is 0.791. The van der Waals surface area contributed by atoms with Crippen molar-refractivity contribution in [3.8, 4) is 0 Å². The Hall–Kier alpha value is -0.180. The van der Waals surface area contributed by atoms with E-state index in [2.05, 4.69) is 13.8 Å². The van der Waals surface area contributed by atoms with Gasteiger partial charge in [-0.3, -0.25) is 0 Å². The zero-order chi connectivity index (χ0) is 10.7. The van der Waals surface area contributed by atoms with E-state index >= 15 is 0 Å². The first-order chi connectivity index (χ1) is 6.50. The lowest BCUT2D eigenvalue weighted by atomic mass is 10.1. The van der Waals surface area contributed by atoms with Crippen LogP contribution in [0.3, 0.4) is 0 Å². The highest BCUT2D eigenvalue weighted by molar-refractivity contribution is 7.99. The summed E-state index contributed by atoms with van der Waals surface area (Å²) in [7, 11) is 0. The predicted molar refractivity (Wildman–Crippen MR) is 63.1 cm³/mol. The molecule has 0 aliphatic heterocycles. The lowest BCUT2D eigenvalue weighted by Crippen LogP contribution is -1.93. The van der Waals surface area contributed by atoms with Gasteiger partial charge in [0.1, 0.15) is 0 Å². The van der Waals surface area contributed by atoms with Crippen molar-refractivity contribution < 1.29 is 5.11 Å². The third kappa shape index (κ3) is 3.19. The standard InChI is InChI=1S/C11H15ClOS/c1-7(2)14-9-4-5-10(8(3)13)11(12)6-9/h4-8,13H,1-3H3/t8-/m0/s1. The smallest absolute Gasteiger partial charge is 0.0776 e. The zero-order valence-electron chi connectivity index (χ0n) is 8.62. The number of aliphatic hydroxyl groups is 1. The van der Waals surface area contributed by atoms with Gasteiger partial charge in [0.25, 0.3) is 0 Å². The summed E-state index contributed by atoms with van der Waals surface area (Å²) in [5.74, 6) is 0. The highest BCUT2D eigenvalue weighted by Gasteiger charge is 2.07. The lowest BCUT2D eigenvalue weighted by molar-refractivity contribution is 0.199. The van der Waals surface area contributed by atoms with Crippen molar-refractivity contribution in [2.45, 2.75) is 37.0 Å². The van der Waals surface area contributed by atoms with Crippen LogP contribution < -0.4 is 0 Å². The molecule has 1 atom stereocenters. The average Bonchev–Trinajstić information content (AvgIpc) is 2.01. The fourth-order valence-electron chi connectivity index (χ4n) is 1.19. The molecule has 1 nitrogen and oxygen atoms in total. The van der Waals surface area contributed by atoms with E-state index in [4.69, 9.17) is 11.6 Å². The molecule has 0 aromatic heterocycles. The second-order valence-corrected chi connectivity index (χ2v) is 5.58. The topological polar surface area (TPSA) is 20.2 Å². The second-order valence-electron chi connectivity index (χ2n) is 3.53. The number of thioether (sulfide) groups is 1. The van der Waals surface area contributed by atoms with Gasteiger partial charge in [0.2, 0.25) is 0 Å². The lowest BCUT2D eigenvalue weighted by Gasteiger charge is -2.10. The molecule has 0 spiro atoms. The number of hydrogen-bond donors (Lipinski definition) is 1. The molecule has 0 bridgehead atoms. The van der Waals surface area contributed by atoms with Gasteiger partial charge in [0.15, 0.2) is 0 Å². The minimum Gasteiger partial charge on any atom is -0.389 e. The summed E-state index contributed by atoms with van der Waals surface area (Å²) in [6.07, 6.45) is -0.499. The van der Waals surface area contributed by atoms with Crippen LogP contribution in [0.4, 0.5) is 0 Å². The maximum atomic E-state index is 9.39. The minimum absolute atomic E-state index is 0.499. The zero-order valence-corrected chi connectivity index (χ0v) is 10.2. The van der Waals surface area contributed by atoms with Gasteiger partial charge >= 0.3 is 0 Å². The molecule has 1 aromatic carbocycles. The van der Waals surface area contributed by atoms with Crippen LogP contribution in [0.5, 0.6) is 0 Å². The number of benzene rings is 1. The SMILES string of the molecule is CC(C)Sc1ccc([C@H](C)O)c(Cl)c1. The molecule has 0 saturated carbocycles. The fourth-order valence-corrected chi connectivity index (χ4v) is 2.47. The molecule has 78 valence electrons. The van der Waals surface area contributed by atoms with E-state index in [-0.39, 0.29) is 0 Å². The summed E-state index contributed by atoms with van der Waals surface area (Å²) in [6, 6.07) is 5.80. The van der Waals surface area contributed by atoms with E-state index < -0.39 is 6.10 Å². The van der Waals surface area contributed by atoms with Crippen LogP contribution >= 0.6 is 23.4 Å². The van der Waals surface area contributed by atoms with Crippen molar-refractivity contribution in [1.82, 2.24) is 0 Å². The summed E-state index contributed by atoms with van der Waals surface area (Å²) < 4.78 is 0. The first-order valence-electron chi connectivity index (χ1n) is 4.65. The van der Waals surface area contributed by atoms with Gasteiger partial charge in [0.05, 0.1) is 6.10 Å². The van der Waals surface area contributed by atoms with Gasteiger partial charge in [0, 0.05) is 15.2 Å². The van der Waals surface area contributed by atoms with E-state index in [1.54, 1.807) is 18.7 Å². The minimum atomic E-state index is -0.499. The first kappa shape index (κ1) is 11.9. The predicted octanol–water partition coefficient (Wildman–Crippen LogP) is 3.89. The van der Waals surface area contributed by atoms with Gasteiger partial charge in [-0.25, -0.2) is 0 Å². The molecule has 0 heterocycles. The summed E-state index contributed by atoms with van der Waals surface area (Å²) >= 11 is 7.80. The molecule has 0 amide bonds. The Labute approximate surface area is 94.5 Å². The average molecular weight is 231 g/mol. The van der Waals surface area contributed by atoms with E-state index in [9.17, 15) is 5.11 Å². The molecule has 0 unspecified atom stereocenters. The van der Waals surface area contributed by atoms with Crippen LogP contribution in [-0.4, -0.2) is 10.4 Å². The van der Waals surface area contributed by atoms with Crippen molar-refractivity contribution in [3.05, 3.63) is 28.8 Å². The quantitative estimate of drug-likeness (QED) is 0.795. The first-order valence-corrected chi connectivity index (χ1v) is 5.90. The number of halogens is 1. The Morgan fingerprint density at radius 1 is 1.29 bits per heavy atom. The Bertz CT molecular complexity index is 310. The largest absolute Gasteiger partial charge is 0.389 e. The highest BCUT2D eigenvalue weighted by atomic mass is 35.5. The van der Waals surface area contributed by atoms with Crippen LogP contribution in [0.2, 0.25) is 5.02 Å². The third-order valence-electron chi connectivity index (χ3n) is 1.79. The van der Waals surface area contributed by atoms with Gasteiger partial charge in [-0.1, -0.05) is 31.5 Å². The molecule has 0 aliphatic carbocycles. The number of rotatable bonds is 3. The molecular weight excluding hydrogens is 216 g/mol. The van der Waals surface area contributed by atoms with Gasteiger partial charge < -0.3 is 5.11 Å². The van der Waals surface area contributed by atoms with Crippen molar-refractivity contribution in [2.24, 2.45) is 0 Å². The maximum Gasteiger partial charge on any atom is 0.0776 e. The molecular formula is C11H15ClOS. The molecule has 3 heteroatoms. The molecule has 0 radical (unpaired) electrons. The van der Waals surface area contributed by atoms with E-state index in [1.165, 1.54) is 0 Å². The van der Waals surface area contributed by atoms with Gasteiger partial charge in [-0.05, 0) is 24.6 Å². The molecule has 0 saturated heterocycles. The Morgan fingerprint density at radius 2 is 1.93 bits per heavy atom. The van der Waals surface area contributed by atoms with Gasteiger partial charge in [-0.2, -0.15) is 0 Å². The molecule has 14 heavy (non-hydrogen) atoms. The summed E-state index contributed by atoms with van der Waals surface area (Å²) in [6.45, 7) is 6.00. The Kier molecular flexibility index (Phi) is 4.30. The second kappa shape index (κ2) is 5.06. The summed E-state index contributed by atoms with van der Waals surface area (Å²) in [4.78, 5) is 1.15. The maximum absolute atomic E-state index is 9.39. The Morgan fingerprint density at radius 3 is 2.36 bits per heavy atom. The molecule has 1 aromatic rings. The van der Waals surface area contributed by atoms with Gasteiger partial charge in [-0.15, -0.1) is 11.8 Å². The molecule has 0 fully saturated rings. The molecule has 1 rings (SSSR count). The van der Waals surface area contributed by atoms with Crippen molar-refractivity contribution in [3.63, 3.8) is 0 Å². The van der Waals surface area contributed by atoms with Crippen LogP contribution in [0.1, 0.15) is 32.4 Å². The van der Waals surface area contributed by atoms with Crippen LogP contribution in [0.15, 0.2) is 23.1 Å².